The van der Waals surface area contributed by atoms with E-state index in [4.69, 9.17) is 4.52 Å². The van der Waals surface area contributed by atoms with Crippen molar-refractivity contribution >= 4 is 29.9 Å². The second-order valence-electron chi connectivity index (χ2n) is 5.77. The number of aliphatic imine (C=N–C) groups is 1. The highest BCUT2D eigenvalue weighted by Gasteiger charge is 2.29. The van der Waals surface area contributed by atoms with Crippen molar-refractivity contribution in [2.45, 2.75) is 33.0 Å². The molecule has 0 saturated carbocycles. The van der Waals surface area contributed by atoms with Gasteiger partial charge >= 0.3 is 6.18 Å². The van der Waals surface area contributed by atoms with Crippen LogP contribution < -0.4 is 5.32 Å². The SMILES string of the molecule is CCNC(=NCCc1nc(C)no1)N(C)Cc1ccc(C(F)(F)F)cc1.I. The molecule has 0 aliphatic rings. The number of benzene rings is 1. The van der Waals surface area contributed by atoms with Crippen LogP contribution in [0.2, 0.25) is 0 Å². The standard InChI is InChI=1S/C17H22F3N5O.HI/c1-4-21-16(22-10-9-15-23-12(2)24-26-15)25(3)11-13-5-7-14(8-6-13)17(18,19)20;/h5-8H,4,9-11H2,1-3H3,(H,21,22);1H. The van der Waals surface area contributed by atoms with E-state index >= 15 is 0 Å². The molecule has 10 heteroatoms. The summed E-state index contributed by atoms with van der Waals surface area (Å²) in [5.74, 6) is 1.76. The van der Waals surface area contributed by atoms with Gasteiger partial charge in [0.25, 0.3) is 0 Å². The van der Waals surface area contributed by atoms with Crippen LogP contribution in [-0.2, 0) is 19.1 Å². The zero-order chi connectivity index (χ0) is 19.2. The summed E-state index contributed by atoms with van der Waals surface area (Å²) in [5.41, 5.74) is 0.109. The normalized spacial score (nSPS) is 11.9. The number of hydrogen-bond donors (Lipinski definition) is 1. The van der Waals surface area contributed by atoms with E-state index in [1.54, 1.807) is 6.92 Å². The van der Waals surface area contributed by atoms with Crippen LogP contribution in [0.15, 0.2) is 33.8 Å². The molecule has 1 N–H and O–H groups in total. The van der Waals surface area contributed by atoms with E-state index in [1.165, 1.54) is 12.1 Å². The minimum atomic E-state index is -4.33. The smallest absolute Gasteiger partial charge is 0.357 e. The minimum Gasteiger partial charge on any atom is -0.357 e. The fraction of sp³-hybridized carbons (Fsp3) is 0.471. The molecule has 27 heavy (non-hydrogen) atoms. The van der Waals surface area contributed by atoms with Crippen LogP contribution in [0.3, 0.4) is 0 Å². The van der Waals surface area contributed by atoms with E-state index in [9.17, 15) is 13.2 Å². The molecule has 2 aromatic rings. The number of nitrogens with zero attached hydrogens (tertiary/aromatic N) is 4. The van der Waals surface area contributed by atoms with Gasteiger partial charge in [-0.2, -0.15) is 18.2 Å². The Bertz CT molecular complexity index is 731. The van der Waals surface area contributed by atoms with Crippen molar-refractivity contribution in [2.24, 2.45) is 4.99 Å². The van der Waals surface area contributed by atoms with Gasteiger partial charge in [-0.15, -0.1) is 24.0 Å². The molecule has 150 valence electrons. The molecule has 1 aromatic carbocycles. The molecule has 0 saturated heterocycles. The molecule has 1 aromatic heterocycles. The van der Waals surface area contributed by atoms with Gasteiger partial charge in [-0.3, -0.25) is 4.99 Å². The molecule has 0 aliphatic carbocycles. The first-order chi connectivity index (χ1) is 12.3. The van der Waals surface area contributed by atoms with Crippen LogP contribution in [0.25, 0.3) is 0 Å². The lowest BCUT2D eigenvalue weighted by Crippen LogP contribution is -2.38. The predicted octanol–water partition coefficient (Wildman–Crippen LogP) is 3.65. The minimum absolute atomic E-state index is 0. The molecule has 0 spiro atoms. The molecule has 0 fully saturated rings. The fourth-order valence-electron chi connectivity index (χ4n) is 2.32. The summed E-state index contributed by atoms with van der Waals surface area (Å²) < 4.78 is 42.9. The Hall–Kier alpha value is -1.85. The second-order valence-corrected chi connectivity index (χ2v) is 5.77. The van der Waals surface area contributed by atoms with Gasteiger partial charge in [-0.05, 0) is 31.5 Å². The third-order valence-corrected chi connectivity index (χ3v) is 3.55. The quantitative estimate of drug-likeness (QED) is 0.375. The molecule has 0 amide bonds. The van der Waals surface area contributed by atoms with Gasteiger partial charge in [0.15, 0.2) is 11.8 Å². The molecular weight excluding hydrogens is 474 g/mol. The lowest BCUT2D eigenvalue weighted by molar-refractivity contribution is -0.137. The molecular formula is C17H23F3IN5O. The zero-order valence-corrected chi connectivity index (χ0v) is 17.7. The molecule has 0 radical (unpaired) electrons. The maximum Gasteiger partial charge on any atom is 0.416 e. The molecule has 6 nitrogen and oxygen atoms in total. The van der Waals surface area contributed by atoms with Crippen LogP contribution in [0.1, 0.15) is 29.8 Å². The first kappa shape index (κ1) is 23.2. The van der Waals surface area contributed by atoms with E-state index in [1.807, 2.05) is 18.9 Å². The number of nitrogens with one attached hydrogen (secondary N) is 1. The first-order valence-electron chi connectivity index (χ1n) is 8.24. The first-order valence-corrected chi connectivity index (χ1v) is 8.24. The summed E-state index contributed by atoms with van der Waals surface area (Å²) in [7, 11) is 1.83. The van der Waals surface area contributed by atoms with Crippen LogP contribution in [-0.4, -0.2) is 41.1 Å². The third kappa shape index (κ3) is 7.35. The second kappa shape index (κ2) is 10.5. The monoisotopic (exact) mass is 497 g/mol. The summed E-state index contributed by atoms with van der Waals surface area (Å²) in [5, 5.41) is 6.88. The van der Waals surface area contributed by atoms with Crippen molar-refractivity contribution in [3.63, 3.8) is 0 Å². The summed E-state index contributed by atoms with van der Waals surface area (Å²) >= 11 is 0. The van der Waals surface area contributed by atoms with Crippen LogP contribution in [0.4, 0.5) is 13.2 Å². The van der Waals surface area contributed by atoms with E-state index in [0.717, 1.165) is 17.7 Å². The van der Waals surface area contributed by atoms with E-state index in [-0.39, 0.29) is 24.0 Å². The Morgan fingerprint density at radius 2 is 1.93 bits per heavy atom. The molecule has 0 atom stereocenters. The van der Waals surface area contributed by atoms with Crippen LogP contribution in [0, 0.1) is 6.92 Å². The lowest BCUT2D eigenvalue weighted by atomic mass is 10.1. The third-order valence-electron chi connectivity index (χ3n) is 3.55. The Labute approximate surface area is 173 Å². The van der Waals surface area contributed by atoms with Crippen molar-refractivity contribution in [2.75, 3.05) is 20.1 Å². The maximum absolute atomic E-state index is 12.6. The number of aryl methyl sites for hydroxylation is 1. The molecule has 0 unspecified atom stereocenters. The number of alkyl halides is 3. The van der Waals surface area contributed by atoms with Gasteiger partial charge in [-0.1, -0.05) is 17.3 Å². The predicted molar refractivity (Wildman–Crippen MR) is 107 cm³/mol. The van der Waals surface area contributed by atoms with Gasteiger partial charge < -0.3 is 14.7 Å². The highest BCUT2D eigenvalue weighted by molar-refractivity contribution is 14.0. The number of aromatic nitrogens is 2. The Kier molecular flexibility index (Phi) is 9.00. The molecule has 1 heterocycles. The highest BCUT2D eigenvalue weighted by Crippen LogP contribution is 2.29. The number of rotatable bonds is 6. The summed E-state index contributed by atoms with van der Waals surface area (Å²) in [6, 6.07) is 5.13. The van der Waals surface area contributed by atoms with Gasteiger partial charge in [0.05, 0.1) is 12.1 Å². The Morgan fingerprint density at radius 1 is 1.26 bits per heavy atom. The molecule has 0 bridgehead atoms. The van der Waals surface area contributed by atoms with Crippen molar-refractivity contribution in [3.05, 3.63) is 47.1 Å². The van der Waals surface area contributed by atoms with Gasteiger partial charge in [0.2, 0.25) is 5.89 Å². The van der Waals surface area contributed by atoms with E-state index in [0.29, 0.717) is 43.7 Å². The summed E-state index contributed by atoms with van der Waals surface area (Å²) in [6.45, 7) is 5.27. The van der Waals surface area contributed by atoms with Gasteiger partial charge in [-0.25, -0.2) is 0 Å². The van der Waals surface area contributed by atoms with Crippen molar-refractivity contribution in [1.82, 2.24) is 20.4 Å². The van der Waals surface area contributed by atoms with Crippen LogP contribution in [0.5, 0.6) is 0 Å². The average Bonchev–Trinajstić information content (AvgIpc) is 2.99. The number of guanidine groups is 1. The van der Waals surface area contributed by atoms with Gasteiger partial charge in [0, 0.05) is 26.6 Å². The molecule has 0 aliphatic heterocycles. The summed E-state index contributed by atoms with van der Waals surface area (Å²) in [6.07, 6.45) is -3.81. The van der Waals surface area contributed by atoms with Gasteiger partial charge in [0.1, 0.15) is 0 Å². The van der Waals surface area contributed by atoms with E-state index < -0.39 is 11.7 Å². The Balaban J connectivity index is 0.00000364. The van der Waals surface area contributed by atoms with Crippen molar-refractivity contribution < 1.29 is 17.7 Å². The van der Waals surface area contributed by atoms with Crippen molar-refractivity contribution in [3.8, 4) is 0 Å². The highest BCUT2D eigenvalue weighted by atomic mass is 127. The van der Waals surface area contributed by atoms with Crippen molar-refractivity contribution in [1.29, 1.82) is 0 Å². The average molecular weight is 497 g/mol. The lowest BCUT2D eigenvalue weighted by Gasteiger charge is -2.22. The largest absolute Gasteiger partial charge is 0.416 e. The zero-order valence-electron chi connectivity index (χ0n) is 15.4. The fourth-order valence-corrected chi connectivity index (χ4v) is 2.32. The van der Waals surface area contributed by atoms with E-state index in [2.05, 4.69) is 20.4 Å². The van der Waals surface area contributed by atoms with Crippen LogP contribution >= 0.6 is 24.0 Å². The maximum atomic E-state index is 12.6. The number of hydrogen-bond acceptors (Lipinski definition) is 4. The topological polar surface area (TPSA) is 66.5 Å². The summed E-state index contributed by atoms with van der Waals surface area (Å²) in [4.78, 5) is 10.5. The number of halogens is 4. The molecule has 2 rings (SSSR count). The Morgan fingerprint density at radius 3 is 2.44 bits per heavy atom.